The molecule has 0 spiro atoms. The van der Waals surface area contributed by atoms with Crippen molar-refractivity contribution in [3.8, 4) is 0 Å². The third-order valence-electron chi connectivity index (χ3n) is 2.64. The van der Waals surface area contributed by atoms with Crippen LogP contribution in [0.3, 0.4) is 0 Å². The summed E-state index contributed by atoms with van der Waals surface area (Å²) in [6, 6.07) is 20.3. The van der Waals surface area contributed by atoms with Crippen LogP contribution in [0.1, 0.15) is 11.1 Å². The fourth-order valence-corrected chi connectivity index (χ4v) is 2.52. The van der Waals surface area contributed by atoms with Gasteiger partial charge in [0, 0.05) is 22.8 Å². The Morgan fingerprint density at radius 3 is 2.11 bits per heavy atom. The van der Waals surface area contributed by atoms with E-state index in [1.807, 2.05) is 36.4 Å². The van der Waals surface area contributed by atoms with E-state index in [1.54, 1.807) is 6.26 Å². The molecule has 2 rings (SSSR count). The van der Waals surface area contributed by atoms with Crippen LogP contribution in [-0.4, -0.2) is 16.2 Å². The van der Waals surface area contributed by atoms with Crippen LogP contribution in [-0.2, 0) is 10.8 Å². The van der Waals surface area contributed by atoms with Crippen molar-refractivity contribution in [1.29, 1.82) is 0 Å². The smallest absolute Gasteiger partial charge is 0.0488 e. The highest BCUT2D eigenvalue weighted by Gasteiger charge is 2.03. The Balaban J connectivity index is 2.37. The summed E-state index contributed by atoms with van der Waals surface area (Å²) in [6.07, 6.45) is 3.85. The second-order valence-electron chi connectivity index (χ2n) is 4.16. The molecule has 0 aliphatic carbocycles. The van der Waals surface area contributed by atoms with Crippen molar-refractivity contribution in [1.82, 2.24) is 0 Å². The lowest BCUT2D eigenvalue weighted by molar-refractivity contribution is 0.689. The van der Waals surface area contributed by atoms with Crippen molar-refractivity contribution in [2.45, 2.75) is 0 Å². The topological polar surface area (TPSA) is 17.1 Å². The maximum absolute atomic E-state index is 11.5. The quantitative estimate of drug-likeness (QED) is 0.764. The van der Waals surface area contributed by atoms with Gasteiger partial charge in [-0.25, -0.2) is 0 Å². The van der Waals surface area contributed by atoms with Crippen LogP contribution < -0.4 is 0 Å². The lowest BCUT2D eigenvalue weighted by atomic mass is 10.0. The number of benzene rings is 2. The number of rotatable bonds is 4. The zero-order valence-electron chi connectivity index (χ0n) is 10.4. The summed E-state index contributed by atoms with van der Waals surface area (Å²) >= 11 is 0. The molecule has 0 N–H and O–H groups in total. The average Bonchev–Trinajstić information content (AvgIpc) is 2.40. The van der Waals surface area contributed by atoms with Crippen molar-refractivity contribution >= 4 is 22.4 Å². The molecular formula is C16H16OS. The first-order valence-corrected chi connectivity index (χ1v) is 7.59. The van der Waals surface area contributed by atoms with E-state index < -0.39 is 10.8 Å². The van der Waals surface area contributed by atoms with Crippen molar-refractivity contribution in [3.05, 3.63) is 71.8 Å². The highest BCUT2D eigenvalue weighted by molar-refractivity contribution is 7.84. The zero-order valence-corrected chi connectivity index (χ0v) is 11.2. The minimum atomic E-state index is -0.838. The Labute approximate surface area is 111 Å². The molecule has 0 aliphatic rings. The van der Waals surface area contributed by atoms with Gasteiger partial charge in [0.25, 0.3) is 0 Å². The molecule has 2 heteroatoms. The number of hydrogen-bond acceptors (Lipinski definition) is 1. The second-order valence-corrected chi connectivity index (χ2v) is 5.60. The van der Waals surface area contributed by atoms with E-state index in [9.17, 15) is 4.21 Å². The monoisotopic (exact) mass is 256 g/mol. The summed E-state index contributed by atoms with van der Waals surface area (Å²) in [6.45, 7) is 0. The summed E-state index contributed by atoms with van der Waals surface area (Å²) in [5.41, 5.74) is 3.39. The molecule has 0 heterocycles. The summed E-state index contributed by atoms with van der Waals surface area (Å²) < 4.78 is 11.5. The van der Waals surface area contributed by atoms with Crippen LogP contribution in [0.15, 0.2) is 60.7 Å². The van der Waals surface area contributed by atoms with Crippen LogP contribution in [0, 0.1) is 0 Å². The highest BCUT2D eigenvalue weighted by atomic mass is 32.2. The van der Waals surface area contributed by atoms with Gasteiger partial charge in [0.05, 0.1) is 0 Å². The van der Waals surface area contributed by atoms with E-state index in [4.69, 9.17) is 0 Å². The van der Waals surface area contributed by atoms with Crippen LogP contribution in [0.2, 0.25) is 0 Å². The van der Waals surface area contributed by atoms with E-state index in [1.165, 1.54) is 0 Å². The summed E-state index contributed by atoms with van der Waals surface area (Å²) in [5.74, 6) is 0.582. The number of hydrogen-bond donors (Lipinski definition) is 0. The molecule has 1 unspecified atom stereocenters. The van der Waals surface area contributed by atoms with E-state index in [0.29, 0.717) is 5.75 Å². The summed E-state index contributed by atoms with van der Waals surface area (Å²) in [4.78, 5) is 0. The molecule has 0 radical (unpaired) electrons. The van der Waals surface area contributed by atoms with Gasteiger partial charge in [-0.2, -0.15) is 0 Å². The van der Waals surface area contributed by atoms with Crippen molar-refractivity contribution < 1.29 is 4.21 Å². The lowest BCUT2D eigenvalue weighted by Crippen LogP contribution is -1.98. The van der Waals surface area contributed by atoms with E-state index in [2.05, 4.69) is 30.3 Å². The normalized spacial score (nSPS) is 13.3. The van der Waals surface area contributed by atoms with Crippen LogP contribution >= 0.6 is 0 Å². The van der Waals surface area contributed by atoms with Gasteiger partial charge in [-0.05, 0) is 16.7 Å². The molecule has 1 atom stereocenters. The Bertz CT molecular complexity index is 544. The zero-order chi connectivity index (χ0) is 12.8. The first kappa shape index (κ1) is 12.8. The molecule has 0 aromatic heterocycles. The molecule has 0 saturated heterocycles. The second kappa shape index (κ2) is 6.31. The van der Waals surface area contributed by atoms with Gasteiger partial charge in [0.1, 0.15) is 0 Å². The minimum Gasteiger partial charge on any atom is -0.260 e. The van der Waals surface area contributed by atoms with Crippen molar-refractivity contribution in [3.63, 3.8) is 0 Å². The Morgan fingerprint density at radius 2 is 1.56 bits per heavy atom. The predicted octanol–water partition coefficient (Wildman–Crippen LogP) is 3.61. The minimum absolute atomic E-state index is 0.582. The summed E-state index contributed by atoms with van der Waals surface area (Å²) in [7, 11) is -0.838. The molecule has 2 aromatic carbocycles. The highest BCUT2D eigenvalue weighted by Crippen LogP contribution is 2.18. The largest absolute Gasteiger partial charge is 0.260 e. The molecule has 0 aliphatic heterocycles. The maximum atomic E-state index is 11.5. The molecule has 92 valence electrons. The third kappa shape index (κ3) is 3.67. The van der Waals surface area contributed by atoms with E-state index in [-0.39, 0.29) is 0 Å². The first-order chi connectivity index (χ1) is 8.75. The van der Waals surface area contributed by atoms with E-state index >= 15 is 0 Å². The Morgan fingerprint density at radius 1 is 1.00 bits per heavy atom. The lowest BCUT2D eigenvalue weighted by Gasteiger charge is -2.06. The fraction of sp³-hybridized carbons (Fsp3) is 0.125. The third-order valence-corrected chi connectivity index (χ3v) is 3.36. The molecule has 2 aromatic rings. The Kier molecular flexibility index (Phi) is 4.48. The van der Waals surface area contributed by atoms with Crippen molar-refractivity contribution in [2.24, 2.45) is 0 Å². The molecule has 1 nitrogen and oxygen atoms in total. The summed E-state index contributed by atoms with van der Waals surface area (Å²) in [5, 5.41) is 0. The van der Waals surface area contributed by atoms with Gasteiger partial charge in [0.2, 0.25) is 0 Å². The van der Waals surface area contributed by atoms with Gasteiger partial charge in [0.15, 0.2) is 0 Å². The standard InChI is InChI=1S/C16H16OS/c1-18(17)13-16(15-10-6-3-7-11-15)12-14-8-4-2-5-9-14/h2-12H,13H2,1H3/b16-12-. The SMILES string of the molecule is CS(=O)C/C(=C/c1ccccc1)c1ccccc1. The van der Waals surface area contributed by atoms with Crippen LogP contribution in [0.5, 0.6) is 0 Å². The Hall–Kier alpha value is -1.67. The van der Waals surface area contributed by atoms with Crippen molar-refractivity contribution in [2.75, 3.05) is 12.0 Å². The van der Waals surface area contributed by atoms with Gasteiger partial charge in [-0.3, -0.25) is 4.21 Å². The molecular weight excluding hydrogens is 240 g/mol. The van der Waals surface area contributed by atoms with Gasteiger partial charge < -0.3 is 0 Å². The molecule has 18 heavy (non-hydrogen) atoms. The van der Waals surface area contributed by atoms with Crippen LogP contribution in [0.25, 0.3) is 11.6 Å². The van der Waals surface area contributed by atoms with Gasteiger partial charge in [-0.15, -0.1) is 0 Å². The molecule has 0 saturated carbocycles. The molecule has 0 fully saturated rings. The van der Waals surface area contributed by atoms with Gasteiger partial charge >= 0.3 is 0 Å². The van der Waals surface area contributed by atoms with Crippen LogP contribution in [0.4, 0.5) is 0 Å². The molecule has 0 amide bonds. The predicted molar refractivity (Wildman–Crippen MR) is 79.7 cm³/mol. The fourth-order valence-electron chi connectivity index (χ4n) is 1.83. The maximum Gasteiger partial charge on any atom is 0.0488 e. The molecule has 0 bridgehead atoms. The first-order valence-electron chi connectivity index (χ1n) is 5.87. The van der Waals surface area contributed by atoms with Gasteiger partial charge in [-0.1, -0.05) is 66.7 Å². The average molecular weight is 256 g/mol. The van der Waals surface area contributed by atoms with E-state index in [0.717, 1.165) is 16.7 Å².